The first-order valence-corrected chi connectivity index (χ1v) is 10.5. The molecule has 1 unspecified atom stereocenters. The minimum absolute atomic E-state index is 0.224. The Morgan fingerprint density at radius 1 is 1.10 bits per heavy atom. The van der Waals surface area contributed by atoms with Crippen molar-refractivity contribution in [2.75, 3.05) is 26.4 Å². The van der Waals surface area contributed by atoms with Gasteiger partial charge in [-0.25, -0.2) is 0 Å². The van der Waals surface area contributed by atoms with Gasteiger partial charge in [-0.15, -0.1) is 0 Å². The molecule has 2 aromatic carbocycles. The second kappa shape index (κ2) is 10.3. The highest BCUT2D eigenvalue weighted by atomic mass is 16.5. The fourth-order valence-corrected chi connectivity index (χ4v) is 3.54. The van der Waals surface area contributed by atoms with Crippen LogP contribution in [0.4, 0.5) is 0 Å². The van der Waals surface area contributed by atoms with Crippen LogP contribution in [0, 0.1) is 0 Å². The van der Waals surface area contributed by atoms with Crippen molar-refractivity contribution < 1.29 is 23.4 Å². The molecule has 0 radical (unpaired) electrons. The number of fused-ring (bicyclic) bond motifs is 1. The lowest BCUT2D eigenvalue weighted by atomic mass is 10.1. The molecule has 1 N–H and O–H groups in total. The molecule has 1 fully saturated rings. The summed E-state index contributed by atoms with van der Waals surface area (Å²) in [6.45, 7) is 2.81. The average molecular weight is 409 g/mol. The Morgan fingerprint density at radius 2 is 1.93 bits per heavy atom. The van der Waals surface area contributed by atoms with Crippen LogP contribution < -0.4 is 10.1 Å². The van der Waals surface area contributed by atoms with Crippen molar-refractivity contribution in [3.05, 3.63) is 65.9 Å². The molecule has 1 atom stereocenters. The van der Waals surface area contributed by atoms with Crippen LogP contribution in [0.3, 0.4) is 0 Å². The van der Waals surface area contributed by atoms with E-state index in [0.29, 0.717) is 31.1 Å². The maximum Gasteiger partial charge on any atom is 0.287 e. The van der Waals surface area contributed by atoms with Gasteiger partial charge < -0.3 is 23.9 Å². The molecule has 30 heavy (non-hydrogen) atoms. The number of carbonyl (C=O) groups excluding carboxylic acids is 1. The summed E-state index contributed by atoms with van der Waals surface area (Å²) in [5.74, 6) is 0.807. The van der Waals surface area contributed by atoms with Crippen molar-refractivity contribution in [1.82, 2.24) is 5.32 Å². The van der Waals surface area contributed by atoms with Gasteiger partial charge in [-0.05, 0) is 37.5 Å². The molecule has 0 aliphatic carbocycles. The minimum atomic E-state index is -0.239. The van der Waals surface area contributed by atoms with Gasteiger partial charge in [0.25, 0.3) is 5.91 Å². The predicted octanol–water partition coefficient (Wildman–Crippen LogP) is 4.33. The first-order chi connectivity index (χ1) is 14.8. The molecule has 1 amide bonds. The molecular weight excluding hydrogens is 382 g/mol. The van der Waals surface area contributed by atoms with Crippen LogP contribution >= 0.6 is 0 Å². The van der Waals surface area contributed by atoms with Crippen LogP contribution in [0.15, 0.2) is 59.0 Å². The van der Waals surface area contributed by atoms with E-state index < -0.39 is 0 Å². The zero-order chi connectivity index (χ0) is 20.6. The van der Waals surface area contributed by atoms with Crippen LogP contribution in [0.5, 0.6) is 5.75 Å². The number of hydrogen-bond acceptors (Lipinski definition) is 5. The van der Waals surface area contributed by atoms with Gasteiger partial charge in [0.15, 0.2) is 5.76 Å². The van der Waals surface area contributed by atoms with E-state index in [1.54, 1.807) is 0 Å². The van der Waals surface area contributed by atoms with Crippen molar-refractivity contribution >= 4 is 16.9 Å². The van der Waals surface area contributed by atoms with E-state index in [-0.39, 0.29) is 18.6 Å². The number of nitrogens with one attached hydrogen (secondary N) is 1. The summed E-state index contributed by atoms with van der Waals surface area (Å²) in [5, 5.41) is 3.81. The van der Waals surface area contributed by atoms with Gasteiger partial charge in [0.2, 0.25) is 0 Å². The van der Waals surface area contributed by atoms with Gasteiger partial charge >= 0.3 is 0 Å². The maximum atomic E-state index is 12.8. The number of hydrogen-bond donors (Lipinski definition) is 1. The average Bonchev–Trinajstić information content (AvgIpc) is 3.43. The Labute approximate surface area is 176 Å². The largest absolute Gasteiger partial charge is 0.489 e. The zero-order valence-corrected chi connectivity index (χ0v) is 17.0. The van der Waals surface area contributed by atoms with Crippen molar-refractivity contribution in [3.63, 3.8) is 0 Å². The van der Waals surface area contributed by atoms with Gasteiger partial charge in [-0.2, -0.15) is 0 Å². The molecular formula is C24H27NO5. The molecule has 6 heteroatoms. The summed E-state index contributed by atoms with van der Waals surface area (Å²) < 4.78 is 22.9. The van der Waals surface area contributed by atoms with Gasteiger partial charge in [0.05, 0.1) is 12.7 Å². The molecule has 3 aromatic rings. The summed E-state index contributed by atoms with van der Waals surface area (Å²) in [4.78, 5) is 12.8. The van der Waals surface area contributed by atoms with Crippen molar-refractivity contribution in [2.24, 2.45) is 0 Å². The fourth-order valence-electron chi connectivity index (χ4n) is 3.54. The summed E-state index contributed by atoms with van der Waals surface area (Å²) in [6, 6.07) is 17.2. The first-order valence-electron chi connectivity index (χ1n) is 10.5. The maximum absolute atomic E-state index is 12.8. The standard InChI is InChI=1S/C24H27NO5/c26-24(25-13-7-14-27-16-19-10-6-15-28-19)23-21(17-29-18-8-2-1-3-9-18)20-11-4-5-12-22(20)30-23/h1-5,8-9,11-12,19H,6-7,10,13-17H2,(H,25,26). The van der Waals surface area contributed by atoms with Crippen LogP contribution in [-0.2, 0) is 16.1 Å². The van der Waals surface area contributed by atoms with Gasteiger partial charge in [0.1, 0.15) is 17.9 Å². The fraction of sp³-hybridized carbons (Fsp3) is 0.375. The monoisotopic (exact) mass is 409 g/mol. The predicted molar refractivity (Wildman–Crippen MR) is 114 cm³/mol. The number of furan rings is 1. The number of carbonyl (C=O) groups is 1. The smallest absolute Gasteiger partial charge is 0.287 e. The Kier molecular flexibility index (Phi) is 7.00. The van der Waals surface area contributed by atoms with Crippen LogP contribution in [0.25, 0.3) is 11.0 Å². The van der Waals surface area contributed by atoms with Crippen molar-refractivity contribution in [1.29, 1.82) is 0 Å². The molecule has 1 aliphatic rings. The number of para-hydroxylation sites is 2. The van der Waals surface area contributed by atoms with Gasteiger partial charge in [0, 0.05) is 30.7 Å². The Balaban J connectivity index is 1.33. The van der Waals surface area contributed by atoms with Crippen LogP contribution in [0.1, 0.15) is 35.4 Å². The lowest BCUT2D eigenvalue weighted by Gasteiger charge is -2.10. The molecule has 0 bridgehead atoms. The zero-order valence-electron chi connectivity index (χ0n) is 17.0. The van der Waals surface area contributed by atoms with E-state index in [4.69, 9.17) is 18.6 Å². The Bertz CT molecular complexity index is 947. The van der Waals surface area contributed by atoms with Crippen molar-refractivity contribution in [2.45, 2.75) is 32.0 Å². The Morgan fingerprint density at radius 3 is 2.77 bits per heavy atom. The molecule has 1 aliphatic heterocycles. The molecule has 4 rings (SSSR count). The first kappa shape index (κ1) is 20.4. The molecule has 0 spiro atoms. The molecule has 6 nitrogen and oxygen atoms in total. The van der Waals surface area contributed by atoms with E-state index in [1.807, 2.05) is 54.6 Å². The quantitative estimate of drug-likeness (QED) is 0.505. The normalized spacial score (nSPS) is 16.1. The van der Waals surface area contributed by atoms with E-state index in [9.17, 15) is 4.79 Å². The van der Waals surface area contributed by atoms with Gasteiger partial charge in [-0.1, -0.05) is 36.4 Å². The summed E-state index contributed by atoms with van der Waals surface area (Å²) in [5.41, 5.74) is 1.43. The topological polar surface area (TPSA) is 69.9 Å². The third-order valence-corrected chi connectivity index (χ3v) is 5.11. The Hall–Kier alpha value is -2.83. The summed E-state index contributed by atoms with van der Waals surface area (Å²) >= 11 is 0. The van der Waals surface area contributed by atoms with E-state index >= 15 is 0 Å². The van der Waals surface area contributed by atoms with E-state index in [2.05, 4.69) is 5.32 Å². The van der Waals surface area contributed by atoms with Crippen LogP contribution in [0.2, 0.25) is 0 Å². The lowest BCUT2D eigenvalue weighted by molar-refractivity contribution is 0.0166. The van der Waals surface area contributed by atoms with E-state index in [0.717, 1.165) is 42.6 Å². The van der Waals surface area contributed by atoms with Gasteiger partial charge in [-0.3, -0.25) is 4.79 Å². The molecule has 158 valence electrons. The van der Waals surface area contributed by atoms with Crippen LogP contribution in [-0.4, -0.2) is 38.4 Å². The highest BCUT2D eigenvalue weighted by molar-refractivity contribution is 5.99. The number of ether oxygens (including phenoxy) is 3. The number of benzene rings is 2. The summed E-state index contributed by atoms with van der Waals surface area (Å²) in [7, 11) is 0. The lowest BCUT2D eigenvalue weighted by Crippen LogP contribution is -2.26. The molecule has 2 heterocycles. The molecule has 1 aromatic heterocycles. The SMILES string of the molecule is O=C(NCCCOCC1CCCO1)c1oc2ccccc2c1COc1ccccc1. The third kappa shape index (κ3) is 5.20. The van der Waals surface area contributed by atoms with Crippen molar-refractivity contribution in [3.8, 4) is 5.75 Å². The summed E-state index contributed by atoms with van der Waals surface area (Å²) in [6.07, 6.45) is 3.13. The third-order valence-electron chi connectivity index (χ3n) is 5.11. The molecule has 1 saturated heterocycles. The molecule has 0 saturated carbocycles. The second-order valence-corrected chi connectivity index (χ2v) is 7.33. The minimum Gasteiger partial charge on any atom is -0.489 e. The highest BCUT2D eigenvalue weighted by Crippen LogP contribution is 2.27. The number of amides is 1. The highest BCUT2D eigenvalue weighted by Gasteiger charge is 2.21. The number of rotatable bonds is 10. The van der Waals surface area contributed by atoms with E-state index in [1.165, 1.54) is 0 Å². The second-order valence-electron chi connectivity index (χ2n) is 7.33.